The number of aromatic nitrogens is 1. The van der Waals surface area contributed by atoms with Gasteiger partial charge < -0.3 is 14.9 Å². The lowest BCUT2D eigenvalue weighted by Gasteiger charge is -2.07. The van der Waals surface area contributed by atoms with E-state index in [2.05, 4.69) is 4.98 Å². The van der Waals surface area contributed by atoms with Crippen molar-refractivity contribution in [2.24, 2.45) is 5.73 Å². The second-order valence-corrected chi connectivity index (χ2v) is 4.69. The maximum Gasteiger partial charge on any atom is 0.284 e. The second-order valence-electron chi connectivity index (χ2n) is 4.69. The number of pyridine rings is 1. The molecule has 2 N–H and O–H groups in total. The minimum Gasteiger partial charge on any atom is -0.488 e. The van der Waals surface area contributed by atoms with Gasteiger partial charge in [0.1, 0.15) is 17.9 Å². The molecule has 0 aliphatic rings. The minimum absolute atomic E-state index is 0.171. The number of hydrogen-bond donors (Lipinski definition) is 1. The summed E-state index contributed by atoms with van der Waals surface area (Å²) in [6.45, 7) is 2.21. The summed E-state index contributed by atoms with van der Waals surface area (Å²) in [6, 6.07) is 9.22. The number of carbonyl (C=O) groups excluding carboxylic acids is 1. The SMILES string of the molecule is Cc1c(C(N)=O)oc2cccc(OCc3ccncc3)c12. The number of nitrogens with zero attached hydrogens (tertiary/aromatic N) is 1. The molecule has 0 saturated carbocycles. The molecule has 0 unspecified atom stereocenters. The molecule has 3 rings (SSSR count). The average Bonchev–Trinajstić information content (AvgIpc) is 2.84. The van der Waals surface area contributed by atoms with Crippen LogP contribution in [0.2, 0.25) is 0 Å². The van der Waals surface area contributed by atoms with Crippen LogP contribution in [0.15, 0.2) is 47.1 Å². The van der Waals surface area contributed by atoms with Crippen molar-refractivity contribution in [1.29, 1.82) is 0 Å². The van der Waals surface area contributed by atoms with Crippen LogP contribution in [0.25, 0.3) is 11.0 Å². The van der Waals surface area contributed by atoms with E-state index in [1.807, 2.05) is 24.3 Å². The molecule has 106 valence electrons. The van der Waals surface area contributed by atoms with Gasteiger partial charge >= 0.3 is 0 Å². The first-order valence-corrected chi connectivity index (χ1v) is 6.50. The average molecular weight is 282 g/mol. The summed E-state index contributed by atoms with van der Waals surface area (Å²) in [5, 5.41) is 0.778. The molecule has 1 aromatic carbocycles. The molecule has 0 radical (unpaired) electrons. The topological polar surface area (TPSA) is 78.4 Å². The van der Waals surface area contributed by atoms with Crippen molar-refractivity contribution in [3.8, 4) is 5.75 Å². The molecular formula is C16H14N2O3. The van der Waals surface area contributed by atoms with Gasteiger partial charge in [0.15, 0.2) is 5.76 Å². The third kappa shape index (κ3) is 2.45. The highest BCUT2D eigenvalue weighted by molar-refractivity contribution is 5.99. The molecule has 0 aliphatic heterocycles. The fourth-order valence-corrected chi connectivity index (χ4v) is 2.26. The number of carbonyl (C=O) groups is 1. The van der Waals surface area contributed by atoms with Crippen LogP contribution in [-0.4, -0.2) is 10.9 Å². The fraction of sp³-hybridized carbons (Fsp3) is 0.125. The van der Waals surface area contributed by atoms with E-state index in [-0.39, 0.29) is 5.76 Å². The Bertz CT molecular complexity index is 794. The number of rotatable bonds is 4. The van der Waals surface area contributed by atoms with E-state index in [0.717, 1.165) is 10.9 Å². The van der Waals surface area contributed by atoms with Crippen LogP contribution in [0.4, 0.5) is 0 Å². The predicted octanol–water partition coefficient (Wildman–Crippen LogP) is 2.81. The van der Waals surface area contributed by atoms with Gasteiger partial charge in [-0.25, -0.2) is 0 Å². The van der Waals surface area contributed by atoms with E-state index in [0.29, 0.717) is 23.5 Å². The van der Waals surface area contributed by atoms with Gasteiger partial charge in [-0.15, -0.1) is 0 Å². The van der Waals surface area contributed by atoms with Gasteiger partial charge in [0.2, 0.25) is 0 Å². The van der Waals surface area contributed by atoms with Crippen molar-refractivity contribution in [2.75, 3.05) is 0 Å². The largest absolute Gasteiger partial charge is 0.488 e. The van der Waals surface area contributed by atoms with Crippen LogP contribution < -0.4 is 10.5 Å². The number of nitrogens with two attached hydrogens (primary N) is 1. The number of ether oxygens (including phenoxy) is 1. The molecule has 2 aromatic heterocycles. The van der Waals surface area contributed by atoms with Gasteiger partial charge in [0.05, 0.1) is 5.39 Å². The van der Waals surface area contributed by atoms with Gasteiger partial charge in [0.25, 0.3) is 5.91 Å². The Labute approximate surface area is 121 Å². The van der Waals surface area contributed by atoms with Crippen molar-refractivity contribution in [1.82, 2.24) is 4.98 Å². The first kappa shape index (κ1) is 13.2. The van der Waals surface area contributed by atoms with Crippen molar-refractivity contribution in [2.45, 2.75) is 13.5 Å². The Kier molecular flexibility index (Phi) is 3.31. The third-order valence-corrected chi connectivity index (χ3v) is 3.28. The number of hydrogen-bond acceptors (Lipinski definition) is 4. The summed E-state index contributed by atoms with van der Waals surface area (Å²) >= 11 is 0. The molecule has 0 bridgehead atoms. The van der Waals surface area contributed by atoms with Crippen molar-refractivity contribution >= 4 is 16.9 Å². The minimum atomic E-state index is -0.580. The quantitative estimate of drug-likeness (QED) is 0.798. The van der Waals surface area contributed by atoms with Crippen molar-refractivity contribution < 1.29 is 13.9 Å². The lowest BCUT2D eigenvalue weighted by molar-refractivity contribution is 0.0975. The Morgan fingerprint density at radius 2 is 2.05 bits per heavy atom. The van der Waals surface area contributed by atoms with E-state index in [4.69, 9.17) is 14.9 Å². The summed E-state index contributed by atoms with van der Waals surface area (Å²) in [5.74, 6) is 0.256. The Morgan fingerprint density at radius 1 is 1.29 bits per heavy atom. The van der Waals surface area contributed by atoms with Crippen LogP contribution >= 0.6 is 0 Å². The van der Waals surface area contributed by atoms with Crippen LogP contribution in [0.3, 0.4) is 0 Å². The second kappa shape index (κ2) is 5.28. The van der Waals surface area contributed by atoms with Crippen LogP contribution in [0, 0.1) is 6.92 Å². The van der Waals surface area contributed by atoms with E-state index in [1.54, 1.807) is 25.4 Å². The fourth-order valence-electron chi connectivity index (χ4n) is 2.26. The maximum absolute atomic E-state index is 11.4. The number of primary amides is 1. The zero-order valence-corrected chi connectivity index (χ0v) is 11.5. The lowest BCUT2D eigenvalue weighted by Crippen LogP contribution is -2.10. The van der Waals surface area contributed by atoms with Crippen LogP contribution in [0.5, 0.6) is 5.75 Å². The molecule has 2 heterocycles. The Balaban J connectivity index is 1.97. The maximum atomic E-state index is 11.4. The molecule has 0 saturated heterocycles. The van der Waals surface area contributed by atoms with Crippen molar-refractivity contribution in [3.05, 3.63) is 59.6 Å². The van der Waals surface area contributed by atoms with Crippen LogP contribution in [-0.2, 0) is 6.61 Å². The normalized spacial score (nSPS) is 10.7. The molecule has 21 heavy (non-hydrogen) atoms. The third-order valence-electron chi connectivity index (χ3n) is 3.28. The summed E-state index contributed by atoms with van der Waals surface area (Å²) in [4.78, 5) is 15.3. The summed E-state index contributed by atoms with van der Waals surface area (Å²) in [7, 11) is 0. The summed E-state index contributed by atoms with van der Waals surface area (Å²) < 4.78 is 11.3. The van der Waals surface area contributed by atoms with E-state index >= 15 is 0 Å². The molecule has 5 heteroatoms. The molecule has 0 spiro atoms. The highest BCUT2D eigenvalue weighted by Gasteiger charge is 2.18. The number of fused-ring (bicyclic) bond motifs is 1. The molecule has 0 aliphatic carbocycles. The van der Waals surface area contributed by atoms with Gasteiger partial charge in [-0.1, -0.05) is 6.07 Å². The van der Waals surface area contributed by atoms with E-state index in [1.165, 1.54) is 0 Å². The van der Waals surface area contributed by atoms with Crippen molar-refractivity contribution in [3.63, 3.8) is 0 Å². The number of benzene rings is 1. The molecule has 5 nitrogen and oxygen atoms in total. The summed E-state index contributed by atoms with van der Waals surface area (Å²) in [5.41, 5.74) is 7.61. The smallest absolute Gasteiger partial charge is 0.284 e. The zero-order chi connectivity index (χ0) is 14.8. The molecule has 0 atom stereocenters. The van der Waals surface area contributed by atoms with Crippen LogP contribution in [0.1, 0.15) is 21.7 Å². The standard InChI is InChI=1S/C16H14N2O3/c1-10-14-12(20-9-11-5-7-18-8-6-11)3-2-4-13(14)21-15(10)16(17)19/h2-8H,9H2,1H3,(H2,17,19). The first-order chi connectivity index (χ1) is 10.2. The number of aryl methyl sites for hydroxylation is 1. The van der Waals surface area contributed by atoms with Gasteiger partial charge in [0, 0.05) is 18.0 Å². The van der Waals surface area contributed by atoms with Gasteiger partial charge in [-0.3, -0.25) is 9.78 Å². The van der Waals surface area contributed by atoms with Gasteiger partial charge in [-0.2, -0.15) is 0 Å². The van der Waals surface area contributed by atoms with E-state index in [9.17, 15) is 4.79 Å². The highest BCUT2D eigenvalue weighted by atomic mass is 16.5. The molecular weight excluding hydrogens is 268 g/mol. The number of amides is 1. The van der Waals surface area contributed by atoms with E-state index < -0.39 is 5.91 Å². The van der Waals surface area contributed by atoms with Gasteiger partial charge in [-0.05, 0) is 36.8 Å². The molecule has 3 aromatic rings. The number of furan rings is 1. The first-order valence-electron chi connectivity index (χ1n) is 6.50. The summed E-state index contributed by atoms with van der Waals surface area (Å²) in [6.07, 6.45) is 3.43. The molecule has 1 amide bonds. The Hall–Kier alpha value is -2.82. The molecule has 0 fully saturated rings. The Morgan fingerprint density at radius 3 is 2.76 bits per heavy atom. The zero-order valence-electron chi connectivity index (χ0n) is 11.5. The monoisotopic (exact) mass is 282 g/mol. The predicted molar refractivity (Wildman–Crippen MR) is 78.0 cm³/mol. The highest BCUT2D eigenvalue weighted by Crippen LogP contribution is 2.33. The lowest BCUT2D eigenvalue weighted by atomic mass is 10.1.